The molecule has 0 aromatic carbocycles. The highest BCUT2D eigenvalue weighted by Crippen LogP contribution is 1.68. The van der Waals surface area contributed by atoms with Crippen molar-refractivity contribution in [3.63, 3.8) is 0 Å². The third kappa shape index (κ3) is 82.5. The summed E-state index contributed by atoms with van der Waals surface area (Å²) < 4.78 is 9.47. The molecule has 34 valence electrons. The summed E-state index contributed by atoms with van der Waals surface area (Å²) in [6.07, 6.45) is 0. The van der Waals surface area contributed by atoms with Crippen molar-refractivity contribution in [2.75, 3.05) is 6.61 Å². The molecular weight excluding hydrogens is 186 g/mol. The Balaban J connectivity index is 0. The van der Waals surface area contributed by atoms with E-state index in [4.69, 9.17) is 5.11 Å². The van der Waals surface area contributed by atoms with Gasteiger partial charge >= 0.3 is 0 Å². The maximum atomic E-state index is 9.47. The zero-order chi connectivity index (χ0) is 4.71. The fraction of sp³-hybridized carbons (Fsp3) is 1.00. The molecule has 0 aliphatic heterocycles. The summed E-state index contributed by atoms with van der Waals surface area (Å²) in [6.45, 7) is 1.93. The Kier molecular flexibility index (Phi) is 42.2. The van der Waals surface area contributed by atoms with Gasteiger partial charge in [-0.2, -0.15) is 2.86 Å². The molecule has 0 amide bonds. The van der Waals surface area contributed by atoms with E-state index in [1.54, 1.807) is 6.92 Å². The second-order valence-electron chi connectivity index (χ2n) is 0.316. The zero-order valence-corrected chi connectivity index (χ0v) is 5.07. The van der Waals surface area contributed by atoms with E-state index in [0.29, 0.717) is 23.2 Å². The number of rotatable bonds is 0. The smallest absolute Gasteiger partial charge is 0.171 e. The average Bonchev–Trinajstić information content (AvgIpc) is 1.46. The van der Waals surface area contributed by atoms with Crippen LogP contribution >= 0.6 is 23.2 Å². The lowest BCUT2D eigenvalue weighted by atomic mass is 10.9. The van der Waals surface area contributed by atoms with Crippen molar-refractivity contribution in [2.45, 2.75) is 6.92 Å². The van der Waals surface area contributed by atoms with Crippen molar-refractivity contribution in [1.82, 2.24) is 0 Å². The van der Waals surface area contributed by atoms with Crippen LogP contribution in [0, 0.1) is 0 Å². The molecule has 0 aromatic heterocycles. The molecule has 0 heterocycles. The lowest BCUT2D eigenvalue weighted by Crippen LogP contribution is -1.57. The van der Waals surface area contributed by atoms with Gasteiger partial charge in [0.25, 0.3) is 0 Å². The molecule has 0 aliphatic carbocycles. The minimum absolute atomic E-state index is 0.250. The largest absolute Gasteiger partial charge is 0.397 e. The van der Waals surface area contributed by atoms with Crippen LogP contribution in [-0.4, -0.2) is 11.7 Å². The van der Waals surface area contributed by atoms with Gasteiger partial charge in [-0.05, 0) is 6.92 Å². The van der Waals surface area contributed by atoms with Gasteiger partial charge in [0, 0.05) is 6.61 Å². The average molecular weight is 192 g/mol. The van der Waals surface area contributed by atoms with Crippen molar-refractivity contribution in [2.24, 2.45) is 0 Å². The van der Waals surface area contributed by atoms with Gasteiger partial charge in [0.2, 0.25) is 0 Å². The second-order valence-corrected chi connectivity index (χ2v) is 0.316. The molecule has 0 atom stereocenters. The van der Waals surface area contributed by atoms with Gasteiger partial charge in [-0.1, -0.05) is 0 Å². The summed E-state index contributed by atoms with van der Waals surface area (Å²) >= 11 is 0.650. The van der Waals surface area contributed by atoms with Crippen molar-refractivity contribution in [3.8, 4) is 0 Å². The highest BCUT2D eigenvalue weighted by molar-refractivity contribution is 14.1. The van der Waals surface area contributed by atoms with E-state index in [9.17, 15) is 2.86 Å². The van der Waals surface area contributed by atoms with Gasteiger partial charge in [0.1, 0.15) is 0 Å². The summed E-state index contributed by atoms with van der Waals surface area (Å²) in [5, 5.41) is 7.57. The lowest BCUT2D eigenvalue weighted by molar-refractivity contribution is 0.318. The molecule has 0 spiro atoms. The molecule has 0 saturated heterocycles. The van der Waals surface area contributed by atoms with Crippen LogP contribution in [0.2, 0.25) is 0 Å². The van der Waals surface area contributed by atoms with Crippen molar-refractivity contribution in [1.29, 1.82) is 0 Å². The van der Waals surface area contributed by atoms with E-state index in [2.05, 4.69) is 0 Å². The first-order valence-corrected chi connectivity index (χ1v) is 1.98. The third-order valence-corrected chi connectivity index (χ3v) is 0. The van der Waals surface area contributed by atoms with Crippen LogP contribution in [0.25, 0.3) is 0 Å². The molecule has 0 fully saturated rings. The molecule has 0 unspecified atom stereocenters. The summed E-state index contributed by atoms with van der Waals surface area (Å²) in [5.74, 6) is 0. The first kappa shape index (κ1) is 9.15. The van der Waals surface area contributed by atoms with E-state index in [1.807, 2.05) is 0 Å². The fourth-order valence-electron chi connectivity index (χ4n) is 0. The van der Waals surface area contributed by atoms with Crippen LogP contribution in [0.15, 0.2) is 0 Å². The summed E-state index contributed by atoms with van der Waals surface area (Å²) in [4.78, 5) is 0. The zero-order valence-electron chi connectivity index (χ0n) is 2.91. The Bertz CT molecular complexity index is 9.61. The number of hydrogen-bond acceptors (Lipinski definition) is 1. The molecule has 0 radical (unpaired) electrons. The van der Waals surface area contributed by atoms with Crippen LogP contribution in [0.3, 0.4) is 0 Å². The van der Waals surface area contributed by atoms with Gasteiger partial charge in [0.15, 0.2) is 23.2 Å². The van der Waals surface area contributed by atoms with Crippen molar-refractivity contribution >= 4 is 23.2 Å². The number of hydrogen-bond donors (Lipinski definition) is 1. The minimum Gasteiger partial charge on any atom is -0.397 e. The minimum atomic E-state index is 0.250. The SMILES string of the molecule is CCO.FI. The standard InChI is InChI=1S/C2H6O.FI/c1-2-3;1-2/h3H,2H2,1H3;. The Labute approximate surface area is 45.1 Å². The summed E-state index contributed by atoms with van der Waals surface area (Å²) in [6, 6.07) is 0. The van der Waals surface area contributed by atoms with E-state index in [-0.39, 0.29) is 6.61 Å². The molecule has 0 bridgehead atoms. The van der Waals surface area contributed by atoms with Gasteiger partial charge in [-0.15, -0.1) is 0 Å². The summed E-state index contributed by atoms with van der Waals surface area (Å²) in [5.41, 5.74) is 0. The van der Waals surface area contributed by atoms with E-state index >= 15 is 0 Å². The molecule has 1 nitrogen and oxygen atoms in total. The maximum absolute atomic E-state index is 9.47. The van der Waals surface area contributed by atoms with Gasteiger partial charge < -0.3 is 5.11 Å². The van der Waals surface area contributed by atoms with Crippen LogP contribution in [0.5, 0.6) is 0 Å². The predicted octanol–water partition coefficient (Wildman–Crippen LogP) is 1.30. The lowest BCUT2D eigenvalue weighted by Gasteiger charge is -1.52. The Morgan fingerprint density at radius 2 is 1.80 bits per heavy atom. The van der Waals surface area contributed by atoms with Crippen LogP contribution in [0.4, 0.5) is 2.86 Å². The molecule has 0 aliphatic rings. The fourth-order valence-corrected chi connectivity index (χ4v) is 0. The van der Waals surface area contributed by atoms with E-state index < -0.39 is 0 Å². The second kappa shape index (κ2) is 23.1. The van der Waals surface area contributed by atoms with Gasteiger partial charge in [-0.25, -0.2) is 0 Å². The Hall–Kier alpha value is 0.620. The highest BCUT2D eigenvalue weighted by atomic mass is 127. The highest BCUT2D eigenvalue weighted by Gasteiger charge is 1.34. The van der Waals surface area contributed by atoms with Crippen LogP contribution < -0.4 is 0 Å². The van der Waals surface area contributed by atoms with Crippen LogP contribution in [-0.2, 0) is 0 Å². The molecular formula is C2H6FIO. The maximum Gasteiger partial charge on any atom is 0.171 e. The summed E-state index contributed by atoms with van der Waals surface area (Å²) in [7, 11) is 0. The van der Waals surface area contributed by atoms with Gasteiger partial charge in [-0.3, -0.25) is 0 Å². The Morgan fingerprint density at radius 3 is 1.80 bits per heavy atom. The molecule has 0 saturated carbocycles. The first-order valence-electron chi connectivity index (χ1n) is 1.17. The van der Waals surface area contributed by atoms with Crippen LogP contribution in [0.1, 0.15) is 6.92 Å². The topological polar surface area (TPSA) is 20.2 Å². The molecule has 0 rings (SSSR count). The normalized spacial score (nSPS) is 4.80. The van der Waals surface area contributed by atoms with Crippen molar-refractivity contribution in [3.05, 3.63) is 0 Å². The third-order valence-electron chi connectivity index (χ3n) is 0. The first-order chi connectivity index (χ1) is 2.41. The molecule has 1 N–H and O–H groups in total. The quantitative estimate of drug-likeness (QED) is 0.573. The molecule has 0 aromatic rings. The van der Waals surface area contributed by atoms with Gasteiger partial charge in [0.05, 0.1) is 0 Å². The number of aliphatic hydroxyl groups is 1. The Morgan fingerprint density at radius 1 is 1.80 bits per heavy atom. The monoisotopic (exact) mass is 192 g/mol. The number of aliphatic hydroxyl groups excluding tert-OH is 1. The number of halogens is 2. The molecule has 3 heteroatoms. The van der Waals surface area contributed by atoms with E-state index in [0.717, 1.165) is 0 Å². The van der Waals surface area contributed by atoms with Crippen molar-refractivity contribution < 1.29 is 7.97 Å². The van der Waals surface area contributed by atoms with E-state index in [1.165, 1.54) is 0 Å². The molecule has 5 heavy (non-hydrogen) atoms. The predicted molar refractivity (Wildman–Crippen MR) is 27.9 cm³/mol.